The molecule has 1 aromatic heterocycles. The number of carbonyl (C=O) groups excluding carboxylic acids is 2. The van der Waals surface area contributed by atoms with E-state index in [0.717, 1.165) is 6.42 Å². The van der Waals surface area contributed by atoms with Crippen LogP contribution in [0, 0.1) is 0 Å². The summed E-state index contributed by atoms with van der Waals surface area (Å²) in [7, 11) is 1.57. The van der Waals surface area contributed by atoms with Crippen molar-refractivity contribution in [1.82, 2.24) is 0 Å². The van der Waals surface area contributed by atoms with E-state index in [2.05, 4.69) is 5.32 Å². The van der Waals surface area contributed by atoms with Crippen LogP contribution in [0.15, 0.2) is 35.7 Å². The molecule has 0 radical (unpaired) electrons. The Morgan fingerprint density at radius 1 is 1.36 bits per heavy atom. The number of nitrogens with zero attached hydrogens (tertiary/aromatic N) is 1. The number of benzene rings is 1. The molecule has 1 saturated heterocycles. The van der Waals surface area contributed by atoms with Gasteiger partial charge in [-0.2, -0.15) is 0 Å². The van der Waals surface area contributed by atoms with Gasteiger partial charge in [0.25, 0.3) is 5.91 Å². The molecule has 0 aliphatic carbocycles. The summed E-state index contributed by atoms with van der Waals surface area (Å²) in [6, 6.07) is 8.93. The number of hydrogen-bond acceptors (Lipinski definition) is 4. The number of rotatable bonds is 4. The highest BCUT2D eigenvalue weighted by Gasteiger charge is 2.25. The molecule has 1 N–H and O–H groups in total. The SMILES string of the molecule is COc1ccc(NC(=O)c2cccs2)cc1N1CCCC1=O. The molecular formula is C16H16N2O3S. The van der Waals surface area contributed by atoms with Crippen LogP contribution in [0.3, 0.4) is 0 Å². The smallest absolute Gasteiger partial charge is 0.265 e. The van der Waals surface area contributed by atoms with Crippen LogP contribution in [0.25, 0.3) is 0 Å². The highest BCUT2D eigenvalue weighted by Crippen LogP contribution is 2.34. The van der Waals surface area contributed by atoms with Crippen molar-refractivity contribution in [2.75, 3.05) is 23.9 Å². The predicted molar refractivity (Wildman–Crippen MR) is 86.9 cm³/mol. The zero-order chi connectivity index (χ0) is 15.5. The molecule has 0 unspecified atom stereocenters. The number of hydrogen-bond donors (Lipinski definition) is 1. The van der Waals surface area contributed by atoms with E-state index in [0.29, 0.717) is 35.0 Å². The summed E-state index contributed by atoms with van der Waals surface area (Å²) in [6.45, 7) is 0.678. The van der Waals surface area contributed by atoms with Gasteiger partial charge in [0.05, 0.1) is 17.7 Å². The van der Waals surface area contributed by atoms with Crippen LogP contribution in [0.2, 0.25) is 0 Å². The second-order valence-electron chi connectivity index (χ2n) is 4.97. The molecule has 1 aromatic carbocycles. The molecule has 1 fully saturated rings. The summed E-state index contributed by atoms with van der Waals surface area (Å²) in [5.74, 6) is 0.559. The fourth-order valence-corrected chi connectivity index (χ4v) is 3.10. The fourth-order valence-electron chi connectivity index (χ4n) is 2.48. The van der Waals surface area contributed by atoms with Gasteiger partial charge in [-0.05, 0) is 36.1 Å². The van der Waals surface area contributed by atoms with E-state index in [4.69, 9.17) is 4.74 Å². The van der Waals surface area contributed by atoms with Crippen LogP contribution >= 0.6 is 11.3 Å². The summed E-state index contributed by atoms with van der Waals surface area (Å²) in [6.07, 6.45) is 1.39. The van der Waals surface area contributed by atoms with E-state index < -0.39 is 0 Å². The summed E-state index contributed by atoms with van der Waals surface area (Å²) < 4.78 is 5.33. The molecule has 0 saturated carbocycles. The van der Waals surface area contributed by atoms with Crippen molar-refractivity contribution < 1.29 is 14.3 Å². The Balaban J connectivity index is 1.87. The van der Waals surface area contributed by atoms with E-state index in [1.165, 1.54) is 11.3 Å². The monoisotopic (exact) mass is 316 g/mol. The number of anilines is 2. The Morgan fingerprint density at radius 3 is 2.86 bits per heavy atom. The molecule has 2 amide bonds. The molecule has 2 heterocycles. The second kappa shape index (κ2) is 6.19. The minimum Gasteiger partial charge on any atom is -0.495 e. The fraction of sp³-hybridized carbons (Fsp3) is 0.250. The van der Waals surface area contributed by atoms with E-state index in [1.54, 1.807) is 36.3 Å². The lowest BCUT2D eigenvalue weighted by atomic mass is 10.2. The van der Waals surface area contributed by atoms with Crippen molar-refractivity contribution in [2.24, 2.45) is 0 Å². The molecule has 0 spiro atoms. The van der Waals surface area contributed by atoms with Crippen molar-refractivity contribution in [3.63, 3.8) is 0 Å². The van der Waals surface area contributed by atoms with Gasteiger partial charge < -0.3 is 15.0 Å². The second-order valence-corrected chi connectivity index (χ2v) is 5.91. The van der Waals surface area contributed by atoms with E-state index >= 15 is 0 Å². The summed E-state index contributed by atoms with van der Waals surface area (Å²) in [5, 5.41) is 4.71. The maximum atomic E-state index is 12.1. The topological polar surface area (TPSA) is 58.6 Å². The van der Waals surface area contributed by atoms with Crippen LogP contribution in [0.1, 0.15) is 22.5 Å². The molecule has 6 heteroatoms. The number of carbonyl (C=O) groups is 2. The third-order valence-electron chi connectivity index (χ3n) is 3.55. The lowest BCUT2D eigenvalue weighted by molar-refractivity contribution is -0.117. The first-order valence-corrected chi connectivity index (χ1v) is 7.90. The van der Waals surface area contributed by atoms with Gasteiger partial charge in [0.1, 0.15) is 5.75 Å². The molecule has 114 valence electrons. The Labute approximate surface area is 132 Å². The van der Waals surface area contributed by atoms with E-state index in [-0.39, 0.29) is 11.8 Å². The van der Waals surface area contributed by atoms with Gasteiger partial charge in [0.2, 0.25) is 5.91 Å². The number of methoxy groups -OCH3 is 1. The standard InChI is InChI=1S/C16H16N2O3S/c1-21-13-7-6-11(17-16(20)14-4-3-9-22-14)10-12(13)18-8-2-5-15(18)19/h3-4,6-7,9-10H,2,5,8H2,1H3,(H,17,20). The predicted octanol–water partition coefficient (Wildman–Crippen LogP) is 3.14. The molecule has 3 rings (SSSR count). The van der Waals surface area contributed by atoms with Crippen molar-refractivity contribution in [3.05, 3.63) is 40.6 Å². The minimum absolute atomic E-state index is 0.0834. The molecule has 1 aliphatic rings. The Hall–Kier alpha value is -2.34. The van der Waals surface area contributed by atoms with Crippen molar-refractivity contribution in [1.29, 1.82) is 0 Å². The first-order chi connectivity index (χ1) is 10.7. The third kappa shape index (κ3) is 2.82. The summed E-state index contributed by atoms with van der Waals surface area (Å²) in [4.78, 5) is 26.4. The lowest BCUT2D eigenvalue weighted by Gasteiger charge is -2.20. The Kier molecular flexibility index (Phi) is 4.11. The van der Waals surface area contributed by atoms with Gasteiger partial charge in [-0.3, -0.25) is 9.59 Å². The van der Waals surface area contributed by atoms with Crippen molar-refractivity contribution >= 4 is 34.5 Å². The molecule has 1 aliphatic heterocycles. The Bertz CT molecular complexity index is 697. The maximum absolute atomic E-state index is 12.1. The molecule has 0 bridgehead atoms. The van der Waals surface area contributed by atoms with Crippen LogP contribution in [-0.4, -0.2) is 25.5 Å². The molecule has 22 heavy (non-hydrogen) atoms. The lowest BCUT2D eigenvalue weighted by Crippen LogP contribution is -2.24. The maximum Gasteiger partial charge on any atom is 0.265 e. The minimum atomic E-state index is -0.154. The summed E-state index contributed by atoms with van der Waals surface area (Å²) >= 11 is 1.39. The van der Waals surface area contributed by atoms with Gasteiger partial charge >= 0.3 is 0 Å². The van der Waals surface area contributed by atoms with Crippen LogP contribution in [0.4, 0.5) is 11.4 Å². The average Bonchev–Trinajstić information content (AvgIpc) is 3.18. The average molecular weight is 316 g/mol. The van der Waals surface area contributed by atoms with Gasteiger partial charge in [0.15, 0.2) is 0 Å². The zero-order valence-corrected chi connectivity index (χ0v) is 13.0. The normalized spacial score (nSPS) is 14.2. The van der Waals surface area contributed by atoms with Crippen LogP contribution in [-0.2, 0) is 4.79 Å². The number of thiophene rings is 1. The highest BCUT2D eigenvalue weighted by atomic mass is 32.1. The summed E-state index contributed by atoms with van der Waals surface area (Å²) in [5.41, 5.74) is 1.35. The van der Waals surface area contributed by atoms with Crippen LogP contribution in [0.5, 0.6) is 5.75 Å². The third-order valence-corrected chi connectivity index (χ3v) is 4.41. The molecule has 5 nitrogen and oxygen atoms in total. The first kappa shape index (κ1) is 14.6. The van der Waals surface area contributed by atoms with Crippen LogP contribution < -0.4 is 15.0 Å². The highest BCUT2D eigenvalue weighted by molar-refractivity contribution is 7.12. The molecule has 2 aromatic rings. The van der Waals surface area contributed by atoms with E-state index in [1.807, 2.05) is 11.4 Å². The molecule has 0 atom stereocenters. The van der Waals surface area contributed by atoms with Gasteiger partial charge in [-0.15, -0.1) is 11.3 Å². The number of nitrogens with one attached hydrogen (secondary N) is 1. The first-order valence-electron chi connectivity index (χ1n) is 7.02. The van der Waals surface area contributed by atoms with Crippen molar-refractivity contribution in [3.8, 4) is 5.75 Å². The number of ether oxygens (including phenoxy) is 1. The van der Waals surface area contributed by atoms with Crippen molar-refractivity contribution in [2.45, 2.75) is 12.8 Å². The van der Waals surface area contributed by atoms with E-state index in [9.17, 15) is 9.59 Å². The Morgan fingerprint density at radius 2 is 2.23 bits per heavy atom. The zero-order valence-electron chi connectivity index (χ0n) is 12.2. The van der Waals surface area contributed by atoms with Gasteiger partial charge in [0, 0.05) is 18.7 Å². The quantitative estimate of drug-likeness (QED) is 0.942. The molecular weight excluding hydrogens is 300 g/mol. The van der Waals surface area contributed by atoms with Gasteiger partial charge in [-0.25, -0.2) is 0 Å². The van der Waals surface area contributed by atoms with Gasteiger partial charge in [-0.1, -0.05) is 6.07 Å². The largest absolute Gasteiger partial charge is 0.495 e. The number of amides is 2.